The van der Waals surface area contributed by atoms with E-state index in [1.54, 1.807) is 0 Å². The molecule has 0 radical (unpaired) electrons. The van der Waals surface area contributed by atoms with Crippen LogP contribution in [0.1, 0.15) is 46.5 Å². The summed E-state index contributed by atoms with van der Waals surface area (Å²) in [6, 6.07) is 0. The van der Waals surface area contributed by atoms with Crippen LogP contribution in [0, 0.1) is 0 Å². The van der Waals surface area contributed by atoms with E-state index in [-0.39, 0.29) is 14.6 Å². The van der Waals surface area contributed by atoms with Crippen LogP contribution in [-0.2, 0) is 4.52 Å². The molecule has 68 valence electrons. The zero-order chi connectivity index (χ0) is 8.74. The third kappa shape index (κ3) is 3.50. The van der Waals surface area contributed by atoms with Crippen LogP contribution in [0.25, 0.3) is 0 Å². The number of hydrogen-bond donors (Lipinski definition) is 1. The zero-order valence-corrected chi connectivity index (χ0v) is 8.68. The molecule has 0 amide bonds. The van der Waals surface area contributed by atoms with Crippen LogP contribution in [0.5, 0.6) is 0 Å². The second kappa shape index (κ2) is 5.93. The smallest absolute Gasteiger partial charge is 0.152 e. The first-order chi connectivity index (χ1) is 5.24. The highest BCUT2D eigenvalue weighted by molar-refractivity contribution is 7.25. The molecule has 0 aromatic heterocycles. The molecule has 1 unspecified atom stereocenters. The van der Waals surface area contributed by atoms with Crippen molar-refractivity contribution in [3.05, 3.63) is 0 Å². The van der Waals surface area contributed by atoms with E-state index in [0.717, 1.165) is 25.7 Å². The van der Waals surface area contributed by atoms with Crippen LogP contribution in [0.2, 0.25) is 0 Å². The first-order valence-electron chi connectivity index (χ1n) is 4.31. The summed E-state index contributed by atoms with van der Waals surface area (Å²) in [6.45, 7) is 6.36. The van der Waals surface area contributed by atoms with Crippen LogP contribution < -0.4 is 0 Å². The minimum absolute atomic E-state index is 0.0536. The van der Waals surface area contributed by atoms with Gasteiger partial charge in [-0.2, -0.15) is 0 Å². The summed E-state index contributed by atoms with van der Waals surface area (Å²) < 4.78 is 5.35. The first kappa shape index (κ1) is 11.4. The summed E-state index contributed by atoms with van der Waals surface area (Å²) in [7, 11) is -0.367. The molecule has 11 heavy (non-hydrogen) atoms. The zero-order valence-electron chi connectivity index (χ0n) is 7.68. The topological polar surface area (TPSA) is 29.5 Å². The van der Waals surface area contributed by atoms with Crippen LogP contribution in [0.15, 0.2) is 0 Å². The minimum Gasteiger partial charge on any atom is -0.352 e. The number of rotatable bonds is 6. The van der Waals surface area contributed by atoms with Crippen molar-refractivity contribution < 1.29 is 9.42 Å². The average Bonchev–Trinajstić information content (AvgIpc) is 2.04. The van der Waals surface area contributed by atoms with Crippen molar-refractivity contribution in [2.45, 2.75) is 52.1 Å². The van der Waals surface area contributed by atoms with Gasteiger partial charge in [0.1, 0.15) is 0 Å². The second-order valence-corrected chi connectivity index (χ2v) is 3.22. The molecular formula is C8H19O2P. The van der Waals surface area contributed by atoms with Gasteiger partial charge in [0.2, 0.25) is 0 Å². The summed E-state index contributed by atoms with van der Waals surface area (Å²) in [5, 5.41) is 0. The Balaban J connectivity index is 3.96. The van der Waals surface area contributed by atoms with Gasteiger partial charge in [-0.3, -0.25) is 0 Å². The average molecular weight is 178 g/mol. The molecule has 0 fully saturated rings. The van der Waals surface area contributed by atoms with Gasteiger partial charge in [-0.1, -0.05) is 27.2 Å². The normalized spacial score (nSPS) is 13.1. The van der Waals surface area contributed by atoms with E-state index in [4.69, 9.17) is 9.42 Å². The van der Waals surface area contributed by atoms with Gasteiger partial charge in [-0.25, -0.2) is 0 Å². The molecule has 0 aromatic rings. The fourth-order valence-corrected chi connectivity index (χ4v) is 1.94. The summed E-state index contributed by atoms with van der Waals surface area (Å²) >= 11 is 0. The summed E-state index contributed by atoms with van der Waals surface area (Å²) in [5.41, 5.74) is -0.0536. The van der Waals surface area contributed by atoms with Crippen LogP contribution in [-0.4, -0.2) is 10.5 Å². The van der Waals surface area contributed by atoms with Crippen molar-refractivity contribution in [2.24, 2.45) is 0 Å². The molecule has 1 N–H and O–H groups in total. The van der Waals surface area contributed by atoms with Gasteiger partial charge < -0.3 is 9.42 Å². The highest BCUT2D eigenvalue weighted by Gasteiger charge is 2.25. The molecule has 3 heteroatoms. The van der Waals surface area contributed by atoms with Gasteiger partial charge in [0.15, 0.2) is 9.03 Å². The minimum atomic E-state index is -0.367. The molecule has 0 bridgehead atoms. The molecule has 0 rings (SSSR count). The van der Waals surface area contributed by atoms with Gasteiger partial charge in [0, 0.05) is 0 Å². The van der Waals surface area contributed by atoms with Crippen molar-refractivity contribution in [1.82, 2.24) is 0 Å². The van der Waals surface area contributed by atoms with E-state index in [1.165, 1.54) is 0 Å². The SMILES string of the molecule is CCCC(CC)(CC)OPO. The van der Waals surface area contributed by atoms with E-state index >= 15 is 0 Å². The molecule has 0 saturated heterocycles. The maximum Gasteiger partial charge on any atom is 0.152 e. The second-order valence-electron chi connectivity index (χ2n) is 2.83. The van der Waals surface area contributed by atoms with Crippen molar-refractivity contribution in [3.8, 4) is 0 Å². The lowest BCUT2D eigenvalue weighted by Crippen LogP contribution is -2.27. The molecule has 0 saturated carbocycles. The fourth-order valence-electron chi connectivity index (χ4n) is 1.35. The molecule has 2 nitrogen and oxygen atoms in total. The first-order valence-corrected chi connectivity index (χ1v) is 5.17. The third-order valence-electron chi connectivity index (χ3n) is 2.26. The Bertz CT molecular complexity index is 84.1. The Hall–Kier alpha value is 0.350. The lowest BCUT2D eigenvalue weighted by molar-refractivity contribution is 0.0589. The molecular weight excluding hydrogens is 159 g/mol. The molecule has 0 aliphatic rings. The summed E-state index contributed by atoms with van der Waals surface area (Å²) in [4.78, 5) is 8.70. The van der Waals surface area contributed by atoms with Crippen LogP contribution in [0.4, 0.5) is 0 Å². The Kier molecular flexibility index (Phi) is 6.12. The van der Waals surface area contributed by atoms with E-state index in [9.17, 15) is 0 Å². The monoisotopic (exact) mass is 178 g/mol. The Morgan fingerprint density at radius 1 is 1.27 bits per heavy atom. The number of hydrogen-bond acceptors (Lipinski definition) is 2. The summed E-state index contributed by atoms with van der Waals surface area (Å²) in [5.74, 6) is 0. The van der Waals surface area contributed by atoms with Gasteiger partial charge in [0.25, 0.3) is 0 Å². The fraction of sp³-hybridized carbons (Fsp3) is 1.00. The highest BCUT2D eigenvalue weighted by Crippen LogP contribution is 2.31. The third-order valence-corrected chi connectivity index (χ3v) is 2.78. The lowest BCUT2D eigenvalue weighted by Gasteiger charge is -2.29. The van der Waals surface area contributed by atoms with Gasteiger partial charge >= 0.3 is 0 Å². The molecule has 0 spiro atoms. The Labute approximate surface area is 71.3 Å². The predicted octanol–water partition coefficient (Wildman–Crippen LogP) is 2.86. The maximum atomic E-state index is 8.70. The van der Waals surface area contributed by atoms with Crippen molar-refractivity contribution in [2.75, 3.05) is 0 Å². The van der Waals surface area contributed by atoms with E-state index in [0.29, 0.717) is 0 Å². The predicted molar refractivity (Wildman–Crippen MR) is 49.8 cm³/mol. The molecule has 0 heterocycles. The molecule has 0 aromatic carbocycles. The molecule has 0 aliphatic carbocycles. The van der Waals surface area contributed by atoms with E-state index in [2.05, 4.69) is 20.8 Å². The lowest BCUT2D eigenvalue weighted by atomic mass is 9.92. The van der Waals surface area contributed by atoms with Crippen LogP contribution >= 0.6 is 9.03 Å². The maximum absolute atomic E-state index is 8.70. The molecule has 1 atom stereocenters. The van der Waals surface area contributed by atoms with Crippen molar-refractivity contribution in [1.29, 1.82) is 0 Å². The van der Waals surface area contributed by atoms with Gasteiger partial charge in [-0.05, 0) is 19.3 Å². The standard InChI is InChI=1S/C8H19O2P/c1-4-7-8(5-2,6-3)10-11-9/h9,11H,4-7H2,1-3H3. The van der Waals surface area contributed by atoms with E-state index in [1.807, 2.05) is 0 Å². The van der Waals surface area contributed by atoms with Gasteiger partial charge in [0.05, 0.1) is 5.60 Å². The van der Waals surface area contributed by atoms with Gasteiger partial charge in [-0.15, -0.1) is 0 Å². The highest BCUT2D eigenvalue weighted by atomic mass is 31.1. The largest absolute Gasteiger partial charge is 0.352 e. The van der Waals surface area contributed by atoms with Crippen LogP contribution in [0.3, 0.4) is 0 Å². The van der Waals surface area contributed by atoms with Crippen molar-refractivity contribution >= 4 is 9.03 Å². The van der Waals surface area contributed by atoms with Crippen molar-refractivity contribution in [3.63, 3.8) is 0 Å². The quantitative estimate of drug-likeness (QED) is 0.634. The summed E-state index contributed by atoms with van der Waals surface area (Å²) in [6.07, 6.45) is 4.15. The Morgan fingerprint density at radius 2 is 1.82 bits per heavy atom. The molecule has 0 aliphatic heterocycles. The van der Waals surface area contributed by atoms with E-state index < -0.39 is 0 Å². The Morgan fingerprint density at radius 3 is 2.09 bits per heavy atom.